The van der Waals surface area contributed by atoms with E-state index >= 15 is 0 Å². The fraction of sp³-hybridized carbons (Fsp3) is 0.500. The predicted octanol–water partition coefficient (Wildman–Crippen LogP) is 3.21. The highest BCUT2D eigenvalue weighted by Gasteiger charge is 2.10. The first kappa shape index (κ1) is 14.6. The number of rotatable bonds is 6. The van der Waals surface area contributed by atoms with Gasteiger partial charge in [0.2, 0.25) is 0 Å². The molecule has 18 heavy (non-hydrogen) atoms. The van der Waals surface area contributed by atoms with Crippen molar-refractivity contribution in [3.63, 3.8) is 0 Å². The third-order valence-corrected chi connectivity index (χ3v) is 3.14. The SMILES string of the molecule is C#CC(CCC)NC(C)c1ccc(N(C)C)cc1. The Balaban J connectivity index is 2.66. The Morgan fingerprint density at radius 2 is 1.89 bits per heavy atom. The zero-order valence-electron chi connectivity index (χ0n) is 11.9. The Kier molecular flexibility index (Phi) is 5.74. The number of hydrogen-bond acceptors (Lipinski definition) is 2. The molecule has 0 aliphatic rings. The second-order valence-electron chi connectivity index (χ2n) is 4.88. The van der Waals surface area contributed by atoms with Crippen molar-refractivity contribution < 1.29 is 0 Å². The minimum atomic E-state index is 0.165. The molecule has 0 spiro atoms. The maximum absolute atomic E-state index is 5.53. The van der Waals surface area contributed by atoms with Crippen LogP contribution in [0, 0.1) is 12.3 Å². The van der Waals surface area contributed by atoms with Gasteiger partial charge in [-0.1, -0.05) is 31.4 Å². The van der Waals surface area contributed by atoms with Crippen molar-refractivity contribution >= 4 is 5.69 Å². The molecule has 2 unspecified atom stereocenters. The number of nitrogens with zero attached hydrogens (tertiary/aromatic N) is 1. The quantitative estimate of drug-likeness (QED) is 0.773. The third-order valence-electron chi connectivity index (χ3n) is 3.14. The Morgan fingerprint density at radius 3 is 2.33 bits per heavy atom. The van der Waals surface area contributed by atoms with Crippen LogP contribution in [-0.2, 0) is 0 Å². The van der Waals surface area contributed by atoms with Crippen molar-refractivity contribution in [2.45, 2.75) is 38.8 Å². The fourth-order valence-corrected chi connectivity index (χ4v) is 1.96. The molecule has 2 atom stereocenters. The lowest BCUT2D eigenvalue weighted by Gasteiger charge is -2.20. The van der Waals surface area contributed by atoms with Crippen molar-refractivity contribution in [3.05, 3.63) is 29.8 Å². The van der Waals surface area contributed by atoms with E-state index in [0.29, 0.717) is 0 Å². The molecule has 0 saturated heterocycles. The van der Waals surface area contributed by atoms with Gasteiger partial charge < -0.3 is 4.90 Å². The number of nitrogens with one attached hydrogen (secondary N) is 1. The zero-order valence-corrected chi connectivity index (χ0v) is 11.9. The van der Waals surface area contributed by atoms with E-state index in [1.807, 2.05) is 14.1 Å². The van der Waals surface area contributed by atoms with Crippen LogP contribution in [0.3, 0.4) is 0 Å². The Morgan fingerprint density at radius 1 is 1.28 bits per heavy atom. The van der Waals surface area contributed by atoms with Gasteiger partial charge in [0.05, 0.1) is 6.04 Å². The molecule has 0 bridgehead atoms. The summed E-state index contributed by atoms with van der Waals surface area (Å²) in [5.74, 6) is 2.81. The standard InChI is InChI=1S/C16H24N2/c1-6-8-15(7-2)17-13(3)14-9-11-16(12-10-14)18(4)5/h2,9-13,15,17H,6,8H2,1,3-5H3. The summed E-state index contributed by atoms with van der Waals surface area (Å²) in [4.78, 5) is 2.10. The molecule has 2 heteroatoms. The zero-order chi connectivity index (χ0) is 13.5. The Bertz CT molecular complexity index is 387. The lowest BCUT2D eigenvalue weighted by atomic mass is 10.1. The summed E-state index contributed by atoms with van der Waals surface area (Å²) < 4.78 is 0. The van der Waals surface area contributed by atoms with Crippen LogP contribution in [0.4, 0.5) is 5.69 Å². The van der Waals surface area contributed by atoms with E-state index in [4.69, 9.17) is 6.42 Å². The van der Waals surface area contributed by atoms with Gasteiger partial charge in [0.25, 0.3) is 0 Å². The van der Waals surface area contributed by atoms with E-state index in [9.17, 15) is 0 Å². The van der Waals surface area contributed by atoms with Crippen molar-refractivity contribution in [1.82, 2.24) is 5.32 Å². The second-order valence-corrected chi connectivity index (χ2v) is 4.88. The highest BCUT2D eigenvalue weighted by Crippen LogP contribution is 2.18. The van der Waals surface area contributed by atoms with E-state index in [-0.39, 0.29) is 12.1 Å². The molecule has 2 nitrogen and oxygen atoms in total. The molecule has 0 amide bonds. The smallest absolute Gasteiger partial charge is 0.0691 e. The predicted molar refractivity (Wildman–Crippen MR) is 79.8 cm³/mol. The first-order chi connectivity index (χ1) is 8.58. The molecule has 0 saturated carbocycles. The summed E-state index contributed by atoms with van der Waals surface area (Å²) in [6, 6.07) is 9.04. The van der Waals surface area contributed by atoms with E-state index in [1.54, 1.807) is 0 Å². The molecule has 1 N–H and O–H groups in total. The molecule has 98 valence electrons. The number of benzene rings is 1. The van der Waals surface area contributed by atoms with Gasteiger partial charge in [-0.05, 0) is 31.0 Å². The molecule has 0 aliphatic heterocycles. The van der Waals surface area contributed by atoms with Crippen LogP contribution in [0.15, 0.2) is 24.3 Å². The summed E-state index contributed by atoms with van der Waals surface area (Å²) in [6.07, 6.45) is 7.66. The van der Waals surface area contributed by atoms with Gasteiger partial charge in [-0.25, -0.2) is 0 Å². The number of terminal acetylenes is 1. The Labute approximate surface area is 111 Å². The minimum Gasteiger partial charge on any atom is -0.378 e. The van der Waals surface area contributed by atoms with Crippen LogP contribution < -0.4 is 10.2 Å². The molecule has 0 heterocycles. The lowest BCUT2D eigenvalue weighted by molar-refractivity contribution is 0.495. The molecule has 0 aromatic heterocycles. The van der Waals surface area contributed by atoms with Crippen LogP contribution in [-0.4, -0.2) is 20.1 Å². The van der Waals surface area contributed by atoms with Gasteiger partial charge in [0, 0.05) is 25.8 Å². The average Bonchev–Trinajstić information content (AvgIpc) is 2.38. The first-order valence-corrected chi connectivity index (χ1v) is 6.58. The maximum atomic E-state index is 5.53. The first-order valence-electron chi connectivity index (χ1n) is 6.58. The Hall–Kier alpha value is -1.46. The van der Waals surface area contributed by atoms with Crippen molar-refractivity contribution in [1.29, 1.82) is 0 Å². The van der Waals surface area contributed by atoms with Crippen LogP contribution in [0.25, 0.3) is 0 Å². The highest BCUT2D eigenvalue weighted by atomic mass is 15.1. The number of hydrogen-bond donors (Lipinski definition) is 1. The van der Waals surface area contributed by atoms with Crippen LogP contribution in [0.2, 0.25) is 0 Å². The van der Waals surface area contributed by atoms with Crippen LogP contribution in [0.1, 0.15) is 38.3 Å². The molecular weight excluding hydrogens is 220 g/mol. The molecular formula is C16H24N2. The third kappa shape index (κ3) is 4.09. The van der Waals surface area contributed by atoms with Crippen LogP contribution >= 0.6 is 0 Å². The van der Waals surface area contributed by atoms with E-state index in [1.165, 1.54) is 11.3 Å². The number of anilines is 1. The van der Waals surface area contributed by atoms with Crippen LogP contribution in [0.5, 0.6) is 0 Å². The normalized spacial score (nSPS) is 13.7. The lowest BCUT2D eigenvalue weighted by Crippen LogP contribution is -2.30. The summed E-state index contributed by atoms with van der Waals surface area (Å²) in [5, 5.41) is 3.48. The molecule has 0 radical (unpaired) electrons. The highest BCUT2D eigenvalue weighted by molar-refractivity contribution is 5.46. The van der Waals surface area contributed by atoms with Crippen molar-refractivity contribution in [3.8, 4) is 12.3 Å². The van der Waals surface area contributed by atoms with Crippen molar-refractivity contribution in [2.24, 2.45) is 0 Å². The van der Waals surface area contributed by atoms with Gasteiger partial charge in [-0.3, -0.25) is 5.32 Å². The minimum absolute atomic E-state index is 0.165. The average molecular weight is 244 g/mol. The van der Waals surface area contributed by atoms with E-state index in [2.05, 4.69) is 54.3 Å². The second kappa shape index (κ2) is 7.08. The van der Waals surface area contributed by atoms with Gasteiger partial charge in [0.1, 0.15) is 0 Å². The summed E-state index contributed by atoms with van der Waals surface area (Å²) in [5.41, 5.74) is 2.49. The maximum Gasteiger partial charge on any atom is 0.0691 e. The van der Waals surface area contributed by atoms with E-state index < -0.39 is 0 Å². The summed E-state index contributed by atoms with van der Waals surface area (Å²) in [6.45, 7) is 4.31. The largest absolute Gasteiger partial charge is 0.378 e. The summed E-state index contributed by atoms with van der Waals surface area (Å²) >= 11 is 0. The van der Waals surface area contributed by atoms with Gasteiger partial charge in [-0.15, -0.1) is 6.42 Å². The van der Waals surface area contributed by atoms with Gasteiger partial charge >= 0.3 is 0 Å². The molecule has 0 fully saturated rings. The molecule has 1 aromatic rings. The van der Waals surface area contributed by atoms with Gasteiger partial charge in [-0.2, -0.15) is 0 Å². The fourth-order valence-electron chi connectivity index (χ4n) is 1.96. The molecule has 1 rings (SSSR count). The van der Waals surface area contributed by atoms with Gasteiger partial charge in [0.15, 0.2) is 0 Å². The molecule has 1 aromatic carbocycles. The van der Waals surface area contributed by atoms with E-state index in [0.717, 1.165) is 12.8 Å². The monoisotopic (exact) mass is 244 g/mol. The topological polar surface area (TPSA) is 15.3 Å². The van der Waals surface area contributed by atoms with Crippen molar-refractivity contribution in [2.75, 3.05) is 19.0 Å². The summed E-state index contributed by atoms with van der Waals surface area (Å²) in [7, 11) is 4.10. The molecule has 0 aliphatic carbocycles.